The number of likely N-dealkylation sites (tertiary alicyclic amines) is 1. The Balaban J connectivity index is 1.42. The Hall–Kier alpha value is -1.73. The van der Waals surface area contributed by atoms with Crippen molar-refractivity contribution in [3.8, 4) is 0 Å². The third kappa shape index (κ3) is 5.20. The summed E-state index contributed by atoms with van der Waals surface area (Å²) in [6.07, 6.45) is 2.67. The molecule has 1 atom stereocenters. The molecule has 2 saturated heterocycles. The fourth-order valence-electron chi connectivity index (χ4n) is 3.97. The quantitative estimate of drug-likeness (QED) is 0.795. The average molecular weight is 390 g/mol. The molecule has 0 radical (unpaired) electrons. The minimum atomic E-state index is -0.820. The van der Waals surface area contributed by atoms with E-state index >= 15 is 0 Å². The smallest absolute Gasteiger partial charge is 0.219 e. The van der Waals surface area contributed by atoms with E-state index in [1.807, 2.05) is 0 Å². The number of hydrogen-bond donors (Lipinski definition) is 2. The molecule has 1 aromatic heterocycles. The number of β-amino-alcohol motifs (C(OH)–C–C–N with tert-alkyl or cyclic N) is 1. The highest BCUT2D eigenvalue weighted by atomic mass is 16.3. The highest BCUT2D eigenvalue weighted by molar-refractivity contribution is 5.73. The van der Waals surface area contributed by atoms with E-state index in [0.717, 1.165) is 57.0 Å². The Kier molecular flexibility index (Phi) is 6.25. The zero-order valence-corrected chi connectivity index (χ0v) is 17.7. The standard InChI is InChI=1S/C21H35N5O2/c1-16(27)25-10-6-5-9-21(28,15-25)14-22-11-17-12-26(13-17)19-8-7-18(23-24-19)20(2,3)4/h7-8,17,22,28H,5-6,9-15H2,1-4H3. The van der Waals surface area contributed by atoms with Crippen LogP contribution in [0.2, 0.25) is 0 Å². The van der Waals surface area contributed by atoms with Crippen LogP contribution in [0.25, 0.3) is 0 Å². The van der Waals surface area contributed by atoms with Crippen molar-refractivity contribution in [2.75, 3.05) is 44.2 Å². The molecule has 7 heteroatoms. The van der Waals surface area contributed by atoms with Crippen LogP contribution in [-0.2, 0) is 10.2 Å². The van der Waals surface area contributed by atoms with E-state index in [4.69, 9.17) is 0 Å². The van der Waals surface area contributed by atoms with Crippen molar-refractivity contribution >= 4 is 11.7 Å². The molecule has 3 heterocycles. The number of amides is 1. The molecule has 3 rings (SSSR count). The highest BCUT2D eigenvalue weighted by Crippen LogP contribution is 2.25. The average Bonchev–Trinajstić information content (AvgIpc) is 2.79. The van der Waals surface area contributed by atoms with Crippen molar-refractivity contribution in [1.82, 2.24) is 20.4 Å². The molecule has 1 aromatic rings. The third-order valence-corrected chi connectivity index (χ3v) is 5.84. The van der Waals surface area contributed by atoms with Gasteiger partial charge in [0, 0.05) is 51.0 Å². The second-order valence-corrected chi connectivity index (χ2v) is 9.55. The maximum Gasteiger partial charge on any atom is 0.219 e. The van der Waals surface area contributed by atoms with Gasteiger partial charge in [-0.05, 0) is 31.4 Å². The molecule has 28 heavy (non-hydrogen) atoms. The van der Waals surface area contributed by atoms with Crippen LogP contribution in [0.5, 0.6) is 0 Å². The number of nitrogens with zero attached hydrogens (tertiary/aromatic N) is 4. The topological polar surface area (TPSA) is 81.6 Å². The number of anilines is 1. The number of aromatic nitrogens is 2. The zero-order valence-electron chi connectivity index (χ0n) is 17.7. The summed E-state index contributed by atoms with van der Waals surface area (Å²) in [7, 11) is 0. The fourth-order valence-corrected chi connectivity index (χ4v) is 3.97. The van der Waals surface area contributed by atoms with E-state index in [1.165, 1.54) is 0 Å². The van der Waals surface area contributed by atoms with Crippen LogP contribution in [0.3, 0.4) is 0 Å². The summed E-state index contributed by atoms with van der Waals surface area (Å²) in [5.41, 5.74) is 0.203. The molecule has 2 N–H and O–H groups in total. The zero-order chi connectivity index (χ0) is 20.4. The first-order valence-corrected chi connectivity index (χ1v) is 10.4. The summed E-state index contributed by atoms with van der Waals surface area (Å²) in [5.74, 6) is 1.53. The minimum absolute atomic E-state index is 0.0170. The van der Waals surface area contributed by atoms with Gasteiger partial charge in [-0.2, -0.15) is 5.10 Å². The van der Waals surface area contributed by atoms with Gasteiger partial charge >= 0.3 is 0 Å². The van der Waals surface area contributed by atoms with Crippen LogP contribution >= 0.6 is 0 Å². The molecule has 1 unspecified atom stereocenters. The lowest BCUT2D eigenvalue weighted by atomic mass is 9.92. The van der Waals surface area contributed by atoms with Crippen molar-refractivity contribution in [3.05, 3.63) is 17.8 Å². The number of carbonyl (C=O) groups is 1. The number of carbonyl (C=O) groups excluding carboxylic acids is 1. The van der Waals surface area contributed by atoms with E-state index in [1.54, 1.807) is 11.8 Å². The van der Waals surface area contributed by atoms with Crippen LogP contribution in [0.4, 0.5) is 5.82 Å². The molecule has 2 aliphatic rings. The largest absolute Gasteiger partial charge is 0.387 e. The number of hydrogen-bond acceptors (Lipinski definition) is 6. The van der Waals surface area contributed by atoms with Gasteiger partial charge in [-0.3, -0.25) is 4.79 Å². The van der Waals surface area contributed by atoms with Crippen molar-refractivity contribution in [3.63, 3.8) is 0 Å². The maximum absolute atomic E-state index is 11.7. The molecular weight excluding hydrogens is 354 g/mol. The summed E-state index contributed by atoms with van der Waals surface area (Å²) < 4.78 is 0. The van der Waals surface area contributed by atoms with E-state index < -0.39 is 5.60 Å². The van der Waals surface area contributed by atoms with Gasteiger partial charge in [0.1, 0.15) is 0 Å². The molecule has 2 aliphatic heterocycles. The Morgan fingerprint density at radius 1 is 1.29 bits per heavy atom. The van der Waals surface area contributed by atoms with Gasteiger partial charge in [0.25, 0.3) is 0 Å². The summed E-state index contributed by atoms with van der Waals surface area (Å²) in [6, 6.07) is 4.12. The normalized spacial score (nSPS) is 24.0. The maximum atomic E-state index is 11.7. The van der Waals surface area contributed by atoms with Gasteiger partial charge in [0.15, 0.2) is 5.82 Å². The Labute approximate surface area is 168 Å². The first-order valence-electron chi connectivity index (χ1n) is 10.4. The molecule has 0 spiro atoms. The summed E-state index contributed by atoms with van der Waals surface area (Å²) >= 11 is 0. The Morgan fingerprint density at radius 2 is 2.04 bits per heavy atom. The second-order valence-electron chi connectivity index (χ2n) is 9.55. The predicted molar refractivity (Wildman–Crippen MR) is 110 cm³/mol. The van der Waals surface area contributed by atoms with Crippen molar-refractivity contribution in [1.29, 1.82) is 0 Å². The van der Waals surface area contributed by atoms with Crippen molar-refractivity contribution in [2.45, 2.75) is 58.0 Å². The predicted octanol–water partition coefficient (Wildman–Crippen LogP) is 1.56. The van der Waals surface area contributed by atoms with Gasteiger partial charge in [-0.15, -0.1) is 5.10 Å². The molecule has 0 aromatic carbocycles. The molecule has 0 bridgehead atoms. The molecular formula is C21H35N5O2. The van der Waals surface area contributed by atoms with Crippen LogP contribution in [0, 0.1) is 5.92 Å². The Morgan fingerprint density at radius 3 is 2.64 bits per heavy atom. The number of rotatable bonds is 5. The lowest BCUT2D eigenvalue weighted by Crippen LogP contribution is -2.54. The molecule has 156 valence electrons. The van der Waals surface area contributed by atoms with Crippen LogP contribution in [-0.4, -0.2) is 71.0 Å². The van der Waals surface area contributed by atoms with Gasteiger partial charge in [0.2, 0.25) is 5.91 Å². The van der Waals surface area contributed by atoms with Crippen LogP contribution in [0.1, 0.15) is 52.7 Å². The Bertz CT molecular complexity index is 666. The van der Waals surface area contributed by atoms with Crippen molar-refractivity contribution < 1.29 is 9.90 Å². The number of aliphatic hydroxyl groups is 1. The molecule has 7 nitrogen and oxygen atoms in total. The van der Waals surface area contributed by atoms with Crippen LogP contribution < -0.4 is 10.2 Å². The van der Waals surface area contributed by atoms with Gasteiger partial charge in [-0.1, -0.05) is 20.8 Å². The van der Waals surface area contributed by atoms with E-state index in [9.17, 15) is 9.90 Å². The third-order valence-electron chi connectivity index (χ3n) is 5.84. The molecule has 0 saturated carbocycles. The van der Waals surface area contributed by atoms with Gasteiger partial charge in [0.05, 0.1) is 17.8 Å². The first-order chi connectivity index (χ1) is 13.2. The van der Waals surface area contributed by atoms with Crippen LogP contribution in [0.15, 0.2) is 12.1 Å². The second kappa shape index (κ2) is 8.33. The van der Waals surface area contributed by atoms with E-state index in [0.29, 0.717) is 19.0 Å². The van der Waals surface area contributed by atoms with Gasteiger partial charge in [-0.25, -0.2) is 0 Å². The first kappa shape index (κ1) is 21.0. The lowest BCUT2D eigenvalue weighted by Gasteiger charge is -2.41. The van der Waals surface area contributed by atoms with E-state index in [2.05, 4.69) is 53.3 Å². The minimum Gasteiger partial charge on any atom is -0.387 e. The monoisotopic (exact) mass is 389 g/mol. The molecule has 0 aliphatic carbocycles. The fraction of sp³-hybridized carbons (Fsp3) is 0.762. The lowest BCUT2D eigenvalue weighted by molar-refractivity contribution is -0.131. The molecule has 2 fully saturated rings. The van der Waals surface area contributed by atoms with E-state index in [-0.39, 0.29) is 11.3 Å². The highest BCUT2D eigenvalue weighted by Gasteiger charge is 2.34. The van der Waals surface area contributed by atoms with Crippen molar-refractivity contribution in [2.24, 2.45) is 5.92 Å². The summed E-state index contributed by atoms with van der Waals surface area (Å²) in [5, 5.41) is 23.1. The SMILES string of the molecule is CC(=O)N1CCCCC(O)(CNCC2CN(c3ccc(C(C)(C)C)nn3)C2)C1. The molecule has 1 amide bonds. The number of nitrogens with one attached hydrogen (secondary N) is 1. The van der Waals surface area contributed by atoms with Gasteiger partial charge < -0.3 is 20.2 Å². The summed E-state index contributed by atoms with van der Waals surface area (Å²) in [6.45, 7) is 12.5. The summed E-state index contributed by atoms with van der Waals surface area (Å²) in [4.78, 5) is 15.7.